The van der Waals surface area contributed by atoms with E-state index in [0.717, 1.165) is 0 Å². The summed E-state index contributed by atoms with van der Waals surface area (Å²) in [5.41, 5.74) is 3.23. The van der Waals surface area contributed by atoms with E-state index in [1.165, 1.54) is 12.1 Å². The highest BCUT2D eigenvalue weighted by atomic mass is 19.1. The van der Waals surface area contributed by atoms with Gasteiger partial charge in [0.15, 0.2) is 5.82 Å². The number of aliphatic hydroxyl groups excluding tert-OH is 1. The number of rotatable bonds is 4. The van der Waals surface area contributed by atoms with Crippen molar-refractivity contribution in [1.82, 2.24) is 9.38 Å². The Balaban J connectivity index is 1.69. The second-order valence-corrected chi connectivity index (χ2v) is 6.56. The van der Waals surface area contributed by atoms with Gasteiger partial charge >= 0.3 is 0 Å². The minimum absolute atomic E-state index is 0.198. The van der Waals surface area contributed by atoms with Gasteiger partial charge in [0, 0.05) is 6.20 Å². The lowest BCUT2D eigenvalue weighted by atomic mass is 9.97. The molecule has 1 saturated carbocycles. The van der Waals surface area contributed by atoms with Gasteiger partial charge in [0.25, 0.3) is 0 Å². The number of nitrogens with zero attached hydrogens (tertiary/aromatic N) is 2. The summed E-state index contributed by atoms with van der Waals surface area (Å²) in [5.74, 6) is -0.996. The number of hydrogen-bond donors (Lipinski definition) is 2. The summed E-state index contributed by atoms with van der Waals surface area (Å²) in [4.78, 5) is 16.1. The van der Waals surface area contributed by atoms with E-state index < -0.39 is 12.1 Å². The van der Waals surface area contributed by atoms with E-state index in [0.29, 0.717) is 33.7 Å². The minimum atomic E-state index is -1.06. The fraction of sp³-hybridized carbons (Fsp3) is 0.263. The molecular formula is C19H17F2N3O2. The lowest BCUT2D eigenvalue weighted by Crippen LogP contribution is -2.15. The molecule has 5 nitrogen and oxygen atoms in total. The van der Waals surface area contributed by atoms with E-state index in [1.807, 2.05) is 0 Å². The Kier molecular flexibility index (Phi) is 3.96. The Bertz CT molecular complexity index is 1020. The van der Waals surface area contributed by atoms with E-state index in [-0.39, 0.29) is 24.8 Å². The van der Waals surface area contributed by atoms with Crippen LogP contribution in [0.1, 0.15) is 17.5 Å². The Morgan fingerprint density at radius 1 is 1.38 bits per heavy atom. The van der Waals surface area contributed by atoms with Crippen LogP contribution in [0.2, 0.25) is 0 Å². The van der Waals surface area contributed by atoms with Gasteiger partial charge in [0.05, 0.1) is 18.7 Å². The zero-order valence-electron chi connectivity index (χ0n) is 14.0. The van der Waals surface area contributed by atoms with Crippen molar-refractivity contribution >= 4 is 17.4 Å². The van der Waals surface area contributed by atoms with Gasteiger partial charge in [-0.25, -0.2) is 13.8 Å². The SMILES string of the molecule is Cc1cc(F)cc(-c2ccc3nc(NC(=O)C4CC4F)cn3c2)c1CO. The molecule has 26 heavy (non-hydrogen) atoms. The number of pyridine rings is 1. The first-order chi connectivity index (χ1) is 12.5. The molecule has 1 amide bonds. The van der Waals surface area contributed by atoms with E-state index in [4.69, 9.17) is 0 Å². The molecule has 1 fully saturated rings. The molecule has 1 aromatic carbocycles. The molecule has 2 N–H and O–H groups in total. The summed E-state index contributed by atoms with van der Waals surface area (Å²) < 4.78 is 28.5. The van der Waals surface area contributed by atoms with Crippen molar-refractivity contribution in [1.29, 1.82) is 0 Å². The van der Waals surface area contributed by atoms with Crippen LogP contribution < -0.4 is 5.32 Å². The number of benzene rings is 1. The minimum Gasteiger partial charge on any atom is -0.392 e. The molecule has 134 valence electrons. The molecular weight excluding hydrogens is 340 g/mol. The summed E-state index contributed by atoms with van der Waals surface area (Å²) in [6.07, 6.45) is 2.57. The number of fused-ring (bicyclic) bond motifs is 1. The van der Waals surface area contributed by atoms with Crippen molar-refractivity contribution in [3.05, 3.63) is 53.6 Å². The number of alkyl halides is 1. The third-order valence-corrected chi connectivity index (χ3v) is 4.66. The Morgan fingerprint density at radius 3 is 2.85 bits per heavy atom. The monoisotopic (exact) mass is 357 g/mol. The topological polar surface area (TPSA) is 66.6 Å². The molecule has 0 aliphatic heterocycles. The fourth-order valence-electron chi connectivity index (χ4n) is 3.11. The fourth-order valence-corrected chi connectivity index (χ4v) is 3.11. The Morgan fingerprint density at radius 2 is 2.15 bits per heavy atom. The number of aliphatic hydroxyl groups is 1. The Labute approximate surface area is 148 Å². The second-order valence-electron chi connectivity index (χ2n) is 6.56. The molecule has 2 heterocycles. The molecule has 0 spiro atoms. The molecule has 1 aliphatic rings. The summed E-state index contributed by atoms with van der Waals surface area (Å²) in [5, 5.41) is 12.2. The van der Waals surface area contributed by atoms with Crippen LogP contribution in [0.4, 0.5) is 14.6 Å². The molecule has 4 rings (SSSR count). The maximum atomic E-state index is 13.8. The zero-order valence-corrected chi connectivity index (χ0v) is 14.0. The molecule has 3 aromatic rings. The molecule has 0 radical (unpaired) electrons. The molecule has 0 bridgehead atoms. The standard InChI is InChI=1S/C19H17F2N3O2/c1-10-4-12(20)5-13(15(10)9-25)11-2-3-18-22-17(8-24(18)7-11)23-19(26)14-6-16(14)21/h2-5,7-8,14,16,25H,6,9H2,1H3,(H,23,26). The first-order valence-electron chi connectivity index (χ1n) is 8.30. The van der Waals surface area contributed by atoms with Crippen molar-refractivity contribution in [2.24, 2.45) is 5.92 Å². The number of nitrogens with one attached hydrogen (secondary N) is 1. The number of aryl methyl sites for hydroxylation is 1. The molecule has 7 heteroatoms. The van der Waals surface area contributed by atoms with Crippen LogP contribution >= 0.6 is 0 Å². The maximum absolute atomic E-state index is 13.8. The number of aromatic nitrogens is 2. The predicted molar refractivity (Wildman–Crippen MR) is 92.9 cm³/mol. The van der Waals surface area contributed by atoms with Crippen LogP contribution in [0.15, 0.2) is 36.7 Å². The van der Waals surface area contributed by atoms with Gasteiger partial charge in [0.1, 0.15) is 17.6 Å². The van der Waals surface area contributed by atoms with Crippen LogP contribution in [0, 0.1) is 18.7 Å². The molecule has 1 aliphatic carbocycles. The van der Waals surface area contributed by atoms with Crippen LogP contribution in [0.25, 0.3) is 16.8 Å². The largest absolute Gasteiger partial charge is 0.392 e. The van der Waals surface area contributed by atoms with Gasteiger partial charge in [-0.1, -0.05) is 0 Å². The average molecular weight is 357 g/mol. The van der Waals surface area contributed by atoms with Crippen molar-refractivity contribution in [3.8, 4) is 11.1 Å². The maximum Gasteiger partial charge on any atom is 0.231 e. The highest BCUT2D eigenvalue weighted by molar-refractivity contribution is 5.94. The number of halogens is 2. The first kappa shape index (κ1) is 16.7. The number of carbonyl (C=O) groups excluding carboxylic acids is 1. The lowest BCUT2D eigenvalue weighted by Gasteiger charge is -2.11. The van der Waals surface area contributed by atoms with Crippen molar-refractivity contribution in [2.45, 2.75) is 26.1 Å². The van der Waals surface area contributed by atoms with Crippen molar-refractivity contribution in [3.63, 3.8) is 0 Å². The smallest absolute Gasteiger partial charge is 0.231 e. The van der Waals surface area contributed by atoms with E-state index in [9.17, 15) is 18.7 Å². The zero-order chi connectivity index (χ0) is 18.4. The molecule has 0 saturated heterocycles. The number of imidazole rings is 1. The summed E-state index contributed by atoms with van der Waals surface area (Å²) in [6, 6.07) is 6.28. The summed E-state index contributed by atoms with van der Waals surface area (Å²) in [6.45, 7) is 1.55. The van der Waals surface area contributed by atoms with Crippen molar-refractivity contribution in [2.75, 3.05) is 5.32 Å². The van der Waals surface area contributed by atoms with Gasteiger partial charge in [-0.3, -0.25) is 4.79 Å². The third-order valence-electron chi connectivity index (χ3n) is 4.66. The summed E-state index contributed by atoms with van der Waals surface area (Å²) in [7, 11) is 0. The number of amides is 1. The van der Waals surface area contributed by atoms with Crippen LogP contribution in [0.3, 0.4) is 0 Å². The predicted octanol–water partition coefficient (Wildman–Crippen LogP) is 3.24. The first-order valence-corrected chi connectivity index (χ1v) is 8.30. The van der Waals surface area contributed by atoms with Gasteiger partial charge in [-0.05, 0) is 59.9 Å². The number of hydrogen-bond acceptors (Lipinski definition) is 3. The Hall–Kier alpha value is -2.80. The lowest BCUT2D eigenvalue weighted by molar-refractivity contribution is -0.117. The van der Waals surface area contributed by atoms with Gasteiger partial charge < -0.3 is 14.8 Å². The molecule has 2 atom stereocenters. The van der Waals surface area contributed by atoms with Gasteiger partial charge in [-0.15, -0.1) is 0 Å². The van der Waals surface area contributed by atoms with E-state index in [1.54, 1.807) is 35.9 Å². The second kappa shape index (κ2) is 6.17. The average Bonchev–Trinajstić information content (AvgIpc) is 3.19. The summed E-state index contributed by atoms with van der Waals surface area (Å²) >= 11 is 0. The van der Waals surface area contributed by atoms with Crippen molar-refractivity contribution < 1.29 is 18.7 Å². The van der Waals surface area contributed by atoms with E-state index >= 15 is 0 Å². The quantitative estimate of drug-likeness (QED) is 0.753. The normalized spacial score (nSPS) is 18.9. The molecule has 2 aromatic heterocycles. The highest BCUT2D eigenvalue weighted by Gasteiger charge is 2.43. The number of anilines is 1. The van der Waals surface area contributed by atoms with Crippen LogP contribution in [-0.2, 0) is 11.4 Å². The van der Waals surface area contributed by atoms with E-state index in [2.05, 4.69) is 10.3 Å². The number of carbonyl (C=O) groups is 1. The third kappa shape index (κ3) is 2.94. The highest BCUT2D eigenvalue weighted by Crippen LogP contribution is 2.34. The van der Waals surface area contributed by atoms with Gasteiger partial charge in [0.2, 0.25) is 5.91 Å². The van der Waals surface area contributed by atoms with Crippen LogP contribution in [-0.4, -0.2) is 26.6 Å². The molecule has 2 unspecified atom stereocenters. The van der Waals surface area contributed by atoms with Gasteiger partial charge in [-0.2, -0.15) is 0 Å². The van der Waals surface area contributed by atoms with Crippen LogP contribution in [0.5, 0.6) is 0 Å².